The van der Waals surface area contributed by atoms with Gasteiger partial charge in [0.25, 0.3) is 5.91 Å². The van der Waals surface area contributed by atoms with Crippen LogP contribution in [0.5, 0.6) is 5.75 Å². The van der Waals surface area contributed by atoms with E-state index >= 15 is 0 Å². The lowest BCUT2D eigenvalue weighted by atomic mass is 10.2. The van der Waals surface area contributed by atoms with Crippen LogP contribution in [0, 0.1) is 0 Å². The lowest BCUT2D eigenvalue weighted by Crippen LogP contribution is -2.28. The molecule has 0 unspecified atom stereocenters. The molecule has 2 aromatic carbocycles. The second-order valence-corrected chi connectivity index (χ2v) is 6.12. The molecule has 0 heterocycles. The van der Waals surface area contributed by atoms with E-state index in [-0.39, 0.29) is 19.1 Å². The Morgan fingerprint density at radius 2 is 1.64 bits per heavy atom. The average Bonchev–Trinajstić information content (AvgIpc) is 2.43. The Morgan fingerprint density at radius 3 is 2.27 bits per heavy atom. The van der Waals surface area contributed by atoms with E-state index in [1.807, 2.05) is 0 Å². The van der Waals surface area contributed by atoms with E-state index in [9.17, 15) is 4.79 Å². The molecule has 0 aliphatic rings. The van der Waals surface area contributed by atoms with Gasteiger partial charge < -0.3 is 10.1 Å². The van der Waals surface area contributed by atoms with E-state index < -0.39 is 0 Å². The molecule has 0 bridgehead atoms. The van der Waals surface area contributed by atoms with Gasteiger partial charge in [0.1, 0.15) is 5.75 Å². The molecular formula is C15H11Cl4NO2. The molecule has 2 aromatic rings. The van der Waals surface area contributed by atoms with Gasteiger partial charge in [-0.3, -0.25) is 4.79 Å². The normalized spacial score (nSPS) is 10.4. The maximum atomic E-state index is 11.8. The topological polar surface area (TPSA) is 38.3 Å². The van der Waals surface area contributed by atoms with Gasteiger partial charge in [-0.15, -0.1) is 0 Å². The minimum atomic E-state index is -0.290. The van der Waals surface area contributed by atoms with E-state index in [0.717, 1.165) is 5.56 Å². The summed E-state index contributed by atoms with van der Waals surface area (Å²) in [6, 6.07) is 9.82. The molecule has 0 fully saturated rings. The molecule has 0 aromatic heterocycles. The Morgan fingerprint density at radius 1 is 0.955 bits per heavy atom. The number of amides is 1. The first-order valence-electron chi connectivity index (χ1n) is 6.23. The fraction of sp³-hybridized carbons (Fsp3) is 0.133. The number of hydrogen-bond donors (Lipinski definition) is 1. The molecule has 3 nitrogen and oxygen atoms in total. The Hall–Kier alpha value is -1.13. The van der Waals surface area contributed by atoms with Gasteiger partial charge >= 0.3 is 0 Å². The van der Waals surface area contributed by atoms with E-state index in [2.05, 4.69) is 5.32 Å². The predicted molar refractivity (Wildman–Crippen MR) is 90.3 cm³/mol. The largest absolute Gasteiger partial charge is 0.484 e. The molecule has 0 aliphatic heterocycles. The average molecular weight is 379 g/mol. The van der Waals surface area contributed by atoms with Crippen LogP contribution in [-0.2, 0) is 11.3 Å². The standard InChI is InChI=1S/C15H11Cl4NO2/c16-10-2-1-9(14(19)6-10)7-20-15(21)8-22-13-4-11(17)3-12(18)5-13/h1-6H,7-8H2,(H,20,21). The van der Waals surface area contributed by atoms with E-state index in [1.165, 1.54) is 0 Å². The zero-order valence-corrected chi connectivity index (χ0v) is 14.2. The van der Waals surface area contributed by atoms with Crippen LogP contribution in [-0.4, -0.2) is 12.5 Å². The van der Waals surface area contributed by atoms with Gasteiger partial charge in [-0.2, -0.15) is 0 Å². The van der Waals surface area contributed by atoms with Crippen molar-refractivity contribution in [3.05, 3.63) is 62.1 Å². The molecule has 1 amide bonds. The van der Waals surface area contributed by atoms with Crippen molar-refractivity contribution in [2.24, 2.45) is 0 Å². The highest BCUT2D eigenvalue weighted by atomic mass is 35.5. The molecule has 0 saturated heterocycles. The third-order valence-electron chi connectivity index (χ3n) is 2.70. The predicted octanol–water partition coefficient (Wildman–Crippen LogP) is 5.00. The minimum Gasteiger partial charge on any atom is -0.484 e. The second kappa shape index (κ2) is 7.93. The number of ether oxygens (including phenoxy) is 1. The van der Waals surface area contributed by atoms with Crippen molar-refractivity contribution in [2.75, 3.05) is 6.61 Å². The molecule has 1 N–H and O–H groups in total. The first kappa shape index (κ1) is 17.2. The molecule has 7 heteroatoms. The number of nitrogens with one attached hydrogen (secondary N) is 1. The quantitative estimate of drug-likeness (QED) is 0.795. The van der Waals surface area contributed by atoms with Crippen molar-refractivity contribution < 1.29 is 9.53 Å². The van der Waals surface area contributed by atoms with E-state index in [0.29, 0.717) is 25.8 Å². The van der Waals surface area contributed by atoms with Gasteiger partial charge in [-0.05, 0) is 35.9 Å². The fourth-order valence-electron chi connectivity index (χ4n) is 1.67. The second-order valence-electron chi connectivity index (χ2n) is 4.41. The van der Waals surface area contributed by atoms with Crippen LogP contribution in [0.2, 0.25) is 20.1 Å². The molecule has 116 valence electrons. The van der Waals surface area contributed by atoms with Gasteiger partial charge in [0.05, 0.1) is 0 Å². The van der Waals surface area contributed by atoms with Crippen LogP contribution >= 0.6 is 46.4 Å². The van der Waals surface area contributed by atoms with Crippen molar-refractivity contribution >= 4 is 52.3 Å². The molecule has 22 heavy (non-hydrogen) atoms. The van der Waals surface area contributed by atoms with Gasteiger partial charge in [0, 0.05) is 26.6 Å². The highest BCUT2D eigenvalue weighted by Gasteiger charge is 2.06. The zero-order chi connectivity index (χ0) is 16.1. The summed E-state index contributed by atoms with van der Waals surface area (Å²) in [6.45, 7) is 0.135. The molecule has 0 saturated carbocycles. The number of hydrogen-bond acceptors (Lipinski definition) is 2. The lowest BCUT2D eigenvalue weighted by molar-refractivity contribution is -0.123. The van der Waals surface area contributed by atoms with Crippen LogP contribution in [0.15, 0.2) is 36.4 Å². The SMILES string of the molecule is O=C(COc1cc(Cl)cc(Cl)c1)NCc1ccc(Cl)cc1Cl. The van der Waals surface area contributed by atoms with Gasteiger partial charge in [0.15, 0.2) is 6.61 Å². The van der Waals surface area contributed by atoms with Crippen molar-refractivity contribution in [3.63, 3.8) is 0 Å². The Labute approximate surface area is 148 Å². The van der Waals surface area contributed by atoms with Crippen LogP contribution in [0.1, 0.15) is 5.56 Å². The summed E-state index contributed by atoms with van der Waals surface area (Å²) in [6.07, 6.45) is 0. The zero-order valence-electron chi connectivity index (χ0n) is 11.2. The van der Waals surface area contributed by atoms with Crippen LogP contribution in [0.25, 0.3) is 0 Å². The maximum Gasteiger partial charge on any atom is 0.258 e. The Balaban J connectivity index is 1.85. The van der Waals surface area contributed by atoms with Crippen molar-refractivity contribution in [2.45, 2.75) is 6.54 Å². The lowest BCUT2D eigenvalue weighted by Gasteiger charge is -2.09. The highest BCUT2D eigenvalue weighted by molar-refractivity contribution is 6.35. The first-order valence-corrected chi connectivity index (χ1v) is 7.75. The molecule has 0 spiro atoms. The molecule has 0 aliphatic carbocycles. The first-order chi connectivity index (χ1) is 10.4. The fourth-order valence-corrected chi connectivity index (χ4v) is 2.65. The Kier molecular flexibility index (Phi) is 6.21. The summed E-state index contributed by atoms with van der Waals surface area (Å²) in [5.74, 6) is 0.138. The summed E-state index contributed by atoms with van der Waals surface area (Å²) >= 11 is 23.5. The maximum absolute atomic E-state index is 11.8. The third-order valence-corrected chi connectivity index (χ3v) is 3.72. The van der Waals surface area contributed by atoms with Gasteiger partial charge in [-0.25, -0.2) is 0 Å². The van der Waals surface area contributed by atoms with Gasteiger partial charge in [0.2, 0.25) is 0 Å². The van der Waals surface area contributed by atoms with Crippen LogP contribution in [0.3, 0.4) is 0 Å². The molecule has 2 rings (SSSR count). The van der Waals surface area contributed by atoms with E-state index in [1.54, 1.807) is 36.4 Å². The smallest absolute Gasteiger partial charge is 0.258 e. The van der Waals surface area contributed by atoms with Crippen molar-refractivity contribution in [1.29, 1.82) is 0 Å². The van der Waals surface area contributed by atoms with Crippen LogP contribution in [0.4, 0.5) is 0 Å². The highest BCUT2D eigenvalue weighted by Crippen LogP contribution is 2.24. The van der Waals surface area contributed by atoms with E-state index in [4.69, 9.17) is 51.1 Å². The number of halogens is 4. The molecule has 0 radical (unpaired) electrons. The van der Waals surface area contributed by atoms with Gasteiger partial charge in [-0.1, -0.05) is 52.5 Å². The van der Waals surface area contributed by atoms with Crippen molar-refractivity contribution in [3.8, 4) is 5.75 Å². The minimum absolute atomic E-state index is 0.151. The number of carbonyl (C=O) groups excluding carboxylic acids is 1. The summed E-state index contributed by atoms with van der Waals surface area (Å²) in [7, 11) is 0. The van der Waals surface area contributed by atoms with Crippen LogP contribution < -0.4 is 10.1 Å². The summed E-state index contributed by atoms with van der Waals surface area (Å²) in [4.78, 5) is 11.8. The summed E-state index contributed by atoms with van der Waals surface area (Å²) in [5, 5.41) is 4.62. The molecule has 0 atom stereocenters. The summed E-state index contributed by atoms with van der Waals surface area (Å²) < 4.78 is 5.33. The monoisotopic (exact) mass is 377 g/mol. The Bertz CT molecular complexity index is 671. The number of rotatable bonds is 5. The third kappa shape index (κ3) is 5.25. The van der Waals surface area contributed by atoms with Crippen molar-refractivity contribution in [1.82, 2.24) is 5.32 Å². The number of carbonyl (C=O) groups is 1. The summed E-state index contributed by atoms with van der Waals surface area (Å²) in [5.41, 5.74) is 0.769. The number of benzene rings is 2. The molecular weight excluding hydrogens is 368 g/mol.